The van der Waals surface area contributed by atoms with Crippen LogP contribution in [0.5, 0.6) is 0 Å². The zero-order valence-electron chi connectivity index (χ0n) is 11.5. The van der Waals surface area contributed by atoms with E-state index in [1.54, 1.807) is 0 Å². The Hall–Kier alpha value is -1.30. The van der Waals surface area contributed by atoms with E-state index in [1.807, 2.05) is 0 Å². The molecule has 0 N–H and O–H groups in total. The van der Waals surface area contributed by atoms with Gasteiger partial charge >= 0.3 is 0 Å². The Morgan fingerprint density at radius 2 is 1.65 bits per heavy atom. The Morgan fingerprint density at radius 1 is 0.941 bits per heavy atom. The lowest BCUT2D eigenvalue weighted by Crippen LogP contribution is -2.10. The largest absolute Gasteiger partial charge is 0.0613 e. The van der Waals surface area contributed by atoms with Crippen LogP contribution in [0.4, 0.5) is 0 Å². The molecule has 90 valence electrons. The molecule has 0 radical (unpaired) electrons. The molecule has 0 heterocycles. The summed E-state index contributed by atoms with van der Waals surface area (Å²) in [5, 5.41) is 2.76. The summed E-state index contributed by atoms with van der Waals surface area (Å²) in [4.78, 5) is 0. The van der Waals surface area contributed by atoms with Crippen LogP contribution in [0.25, 0.3) is 10.8 Å². The lowest BCUT2D eigenvalue weighted by atomic mass is 9.85. The molecule has 0 atom stereocenters. The summed E-state index contributed by atoms with van der Waals surface area (Å²) < 4.78 is 0. The van der Waals surface area contributed by atoms with Crippen LogP contribution in [-0.4, -0.2) is 0 Å². The molecular formula is C17H22. The SMILES string of the molecule is CC(C)c1cccc2cc(C(C)(C)C)ccc12. The van der Waals surface area contributed by atoms with Gasteiger partial charge in [0.1, 0.15) is 0 Å². The minimum Gasteiger partial charge on any atom is -0.0613 e. The monoisotopic (exact) mass is 226 g/mol. The third-order valence-corrected chi connectivity index (χ3v) is 3.40. The van der Waals surface area contributed by atoms with Gasteiger partial charge in [0.15, 0.2) is 0 Å². The van der Waals surface area contributed by atoms with Crippen LogP contribution in [0.3, 0.4) is 0 Å². The molecule has 0 aliphatic heterocycles. The maximum Gasteiger partial charge on any atom is -0.0132 e. The number of benzene rings is 2. The van der Waals surface area contributed by atoms with Crippen LogP contribution in [0.2, 0.25) is 0 Å². The molecule has 0 saturated heterocycles. The predicted molar refractivity (Wildman–Crippen MR) is 76.7 cm³/mol. The van der Waals surface area contributed by atoms with Gasteiger partial charge in [0.05, 0.1) is 0 Å². The van der Waals surface area contributed by atoms with Crippen molar-refractivity contribution in [3.63, 3.8) is 0 Å². The van der Waals surface area contributed by atoms with Crippen LogP contribution in [0.1, 0.15) is 51.7 Å². The van der Waals surface area contributed by atoms with E-state index in [-0.39, 0.29) is 5.41 Å². The summed E-state index contributed by atoms with van der Waals surface area (Å²) in [6.45, 7) is 11.3. The van der Waals surface area contributed by atoms with Crippen molar-refractivity contribution in [2.24, 2.45) is 0 Å². The fraction of sp³-hybridized carbons (Fsp3) is 0.412. The molecule has 2 rings (SSSR count). The summed E-state index contributed by atoms with van der Waals surface area (Å²) in [6.07, 6.45) is 0. The molecule has 0 heteroatoms. The third kappa shape index (κ3) is 2.36. The Morgan fingerprint density at radius 3 is 2.24 bits per heavy atom. The summed E-state index contributed by atoms with van der Waals surface area (Å²) >= 11 is 0. The van der Waals surface area contributed by atoms with E-state index in [1.165, 1.54) is 21.9 Å². The van der Waals surface area contributed by atoms with Crippen LogP contribution in [0.15, 0.2) is 36.4 Å². The fourth-order valence-corrected chi connectivity index (χ4v) is 2.28. The van der Waals surface area contributed by atoms with E-state index >= 15 is 0 Å². The third-order valence-electron chi connectivity index (χ3n) is 3.40. The quantitative estimate of drug-likeness (QED) is 0.622. The molecule has 0 aromatic heterocycles. The van der Waals surface area contributed by atoms with Gasteiger partial charge in [-0.25, -0.2) is 0 Å². The maximum absolute atomic E-state index is 2.33. The standard InChI is InChI=1S/C17H22/c1-12(2)15-8-6-7-13-11-14(17(3,4)5)9-10-16(13)15/h6-12H,1-5H3. The number of rotatable bonds is 1. The predicted octanol–water partition coefficient (Wildman–Crippen LogP) is 5.26. The van der Waals surface area contributed by atoms with E-state index < -0.39 is 0 Å². The van der Waals surface area contributed by atoms with Crippen molar-refractivity contribution in [3.05, 3.63) is 47.5 Å². The lowest BCUT2D eigenvalue weighted by Gasteiger charge is -2.20. The summed E-state index contributed by atoms with van der Waals surface area (Å²) in [7, 11) is 0. The molecule has 0 unspecified atom stereocenters. The van der Waals surface area contributed by atoms with Gasteiger partial charge in [-0.15, -0.1) is 0 Å². The first-order chi connectivity index (χ1) is 7.89. The van der Waals surface area contributed by atoms with Gasteiger partial charge in [-0.05, 0) is 33.2 Å². The van der Waals surface area contributed by atoms with Crippen LogP contribution < -0.4 is 0 Å². The van der Waals surface area contributed by atoms with Crippen molar-refractivity contribution < 1.29 is 0 Å². The van der Waals surface area contributed by atoms with Gasteiger partial charge in [-0.3, -0.25) is 0 Å². The molecule has 0 spiro atoms. The zero-order chi connectivity index (χ0) is 12.6. The van der Waals surface area contributed by atoms with Gasteiger partial charge in [-0.2, -0.15) is 0 Å². The Balaban J connectivity index is 2.65. The second-order valence-corrected chi connectivity index (χ2v) is 6.19. The smallest absolute Gasteiger partial charge is 0.0132 e. The zero-order valence-corrected chi connectivity index (χ0v) is 11.5. The van der Waals surface area contributed by atoms with Gasteiger partial charge in [-0.1, -0.05) is 71.0 Å². The van der Waals surface area contributed by atoms with Gasteiger partial charge in [0.25, 0.3) is 0 Å². The highest BCUT2D eigenvalue weighted by Crippen LogP contribution is 2.30. The van der Waals surface area contributed by atoms with Crippen molar-refractivity contribution in [1.82, 2.24) is 0 Å². The molecule has 2 aromatic rings. The van der Waals surface area contributed by atoms with E-state index in [4.69, 9.17) is 0 Å². The van der Waals surface area contributed by atoms with Gasteiger partial charge < -0.3 is 0 Å². The summed E-state index contributed by atoms with van der Waals surface area (Å²) in [6, 6.07) is 13.5. The Bertz CT molecular complexity index is 527. The highest BCUT2D eigenvalue weighted by atomic mass is 14.2. The minimum atomic E-state index is 0.224. The average Bonchev–Trinajstić information content (AvgIpc) is 2.26. The molecule has 0 bridgehead atoms. The second-order valence-electron chi connectivity index (χ2n) is 6.19. The van der Waals surface area contributed by atoms with Crippen molar-refractivity contribution in [1.29, 1.82) is 0 Å². The highest BCUT2D eigenvalue weighted by Gasteiger charge is 2.14. The summed E-state index contributed by atoms with van der Waals surface area (Å²) in [5.74, 6) is 0.583. The van der Waals surface area contributed by atoms with Crippen molar-refractivity contribution in [3.8, 4) is 0 Å². The molecule has 0 aliphatic rings. The average molecular weight is 226 g/mol. The van der Waals surface area contributed by atoms with Crippen molar-refractivity contribution in [2.75, 3.05) is 0 Å². The molecular weight excluding hydrogens is 204 g/mol. The number of fused-ring (bicyclic) bond motifs is 1. The normalized spacial score (nSPS) is 12.4. The van der Waals surface area contributed by atoms with Crippen LogP contribution in [0, 0.1) is 0 Å². The molecule has 0 amide bonds. The second kappa shape index (κ2) is 4.18. The van der Waals surface area contributed by atoms with Crippen LogP contribution in [-0.2, 0) is 5.41 Å². The lowest BCUT2D eigenvalue weighted by molar-refractivity contribution is 0.591. The van der Waals surface area contributed by atoms with Crippen molar-refractivity contribution in [2.45, 2.75) is 46.0 Å². The van der Waals surface area contributed by atoms with E-state index in [2.05, 4.69) is 71.0 Å². The first-order valence-corrected chi connectivity index (χ1v) is 6.43. The molecule has 0 nitrogen and oxygen atoms in total. The molecule has 0 fully saturated rings. The first-order valence-electron chi connectivity index (χ1n) is 6.43. The molecule has 0 aliphatic carbocycles. The van der Waals surface area contributed by atoms with Crippen LogP contribution >= 0.6 is 0 Å². The Labute approximate surface area is 105 Å². The van der Waals surface area contributed by atoms with Crippen molar-refractivity contribution >= 4 is 10.8 Å². The molecule has 0 saturated carbocycles. The Kier molecular flexibility index (Phi) is 2.99. The van der Waals surface area contributed by atoms with Gasteiger partial charge in [0, 0.05) is 0 Å². The van der Waals surface area contributed by atoms with Gasteiger partial charge in [0.2, 0.25) is 0 Å². The number of hydrogen-bond donors (Lipinski definition) is 0. The topological polar surface area (TPSA) is 0 Å². The molecule has 17 heavy (non-hydrogen) atoms. The van der Waals surface area contributed by atoms with E-state index in [9.17, 15) is 0 Å². The summed E-state index contributed by atoms with van der Waals surface area (Å²) in [5.41, 5.74) is 3.08. The molecule has 2 aromatic carbocycles. The first kappa shape index (κ1) is 12.2. The number of hydrogen-bond acceptors (Lipinski definition) is 0. The van der Waals surface area contributed by atoms with E-state index in [0.29, 0.717) is 5.92 Å². The maximum atomic E-state index is 2.33. The fourth-order valence-electron chi connectivity index (χ4n) is 2.28. The highest BCUT2D eigenvalue weighted by molar-refractivity contribution is 5.87. The van der Waals surface area contributed by atoms with E-state index in [0.717, 1.165) is 0 Å². The minimum absolute atomic E-state index is 0.224.